The van der Waals surface area contributed by atoms with Gasteiger partial charge in [-0.1, -0.05) is 33.1 Å². The SMILES string of the molecule is CCCCCCOc1ccc(N2C(=O)CC(N3CCC(CCN4CCC(C)CC4)CC3)C2=O)cc1. The minimum Gasteiger partial charge on any atom is -0.494 e. The number of carbonyl (C=O) groups is 2. The number of likely N-dealkylation sites (tertiary alicyclic amines) is 2. The molecular formula is C29H45N3O3. The lowest BCUT2D eigenvalue weighted by Crippen LogP contribution is -2.46. The van der Waals surface area contributed by atoms with Gasteiger partial charge in [-0.2, -0.15) is 0 Å². The fourth-order valence-electron chi connectivity index (χ4n) is 5.79. The molecule has 0 aliphatic carbocycles. The summed E-state index contributed by atoms with van der Waals surface area (Å²) >= 11 is 0. The fourth-order valence-corrected chi connectivity index (χ4v) is 5.79. The number of ether oxygens (including phenoxy) is 1. The van der Waals surface area contributed by atoms with Gasteiger partial charge in [-0.05, 0) is 107 Å². The highest BCUT2D eigenvalue weighted by molar-refractivity contribution is 6.22. The topological polar surface area (TPSA) is 53.1 Å². The maximum Gasteiger partial charge on any atom is 0.251 e. The van der Waals surface area contributed by atoms with Crippen LogP contribution in [0.4, 0.5) is 5.69 Å². The summed E-state index contributed by atoms with van der Waals surface area (Å²) in [5, 5.41) is 0. The second-order valence-corrected chi connectivity index (χ2v) is 11.0. The van der Waals surface area contributed by atoms with Crippen molar-refractivity contribution in [3.8, 4) is 5.75 Å². The molecule has 2 amide bonds. The monoisotopic (exact) mass is 483 g/mol. The molecule has 6 nitrogen and oxygen atoms in total. The molecule has 0 spiro atoms. The number of unbranched alkanes of at least 4 members (excludes halogenated alkanes) is 3. The van der Waals surface area contributed by atoms with Crippen molar-refractivity contribution in [2.45, 2.75) is 84.1 Å². The molecule has 0 aromatic heterocycles. The first-order valence-corrected chi connectivity index (χ1v) is 14.1. The molecular weight excluding hydrogens is 438 g/mol. The molecule has 3 aliphatic rings. The van der Waals surface area contributed by atoms with Gasteiger partial charge in [-0.15, -0.1) is 0 Å². The Bertz CT molecular complexity index is 811. The molecule has 1 unspecified atom stereocenters. The molecule has 3 saturated heterocycles. The molecule has 3 fully saturated rings. The van der Waals surface area contributed by atoms with E-state index < -0.39 is 0 Å². The predicted octanol–water partition coefficient (Wildman–Crippen LogP) is 5.11. The Balaban J connectivity index is 1.22. The van der Waals surface area contributed by atoms with Crippen molar-refractivity contribution in [1.29, 1.82) is 0 Å². The standard InChI is InChI=1S/C29H45N3O3/c1-3-4-5-6-21-35-26-9-7-25(8-10-26)32-28(33)22-27(29(32)34)31-19-14-24(15-20-31)13-18-30-16-11-23(2)12-17-30/h7-10,23-24,27H,3-6,11-22H2,1-2H3. The largest absolute Gasteiger partial charge is 0.494 e. The molecule has 0 saturated carbocycles. The van der Waals surface area contributed by atoms with E-state index in [4.69, 9.17) is 4.74 Å². The summed E-state index contributed by atoms with van der Waals surface area (Å²) in [6.45, 7) is 10.8. The van der Waals surface area contributed by atoms with E-state index >= 15 is 0 Å². The zero-order chi connectivity index (χ0) is 24.6. The van der Waals surface area contributed by atoms with Crippen LogP contribution in [0, 0.1) is 11.8 Å². The van der Waals surface area contributed by atoms with E-state index in [0.717, 1.165) is 49.9 Å². The Morgan fingerprint density at radius 3 is 2.31 bits per heavy atom. The van der Waals surface area contributed by atoms with Gasteiger partial charge in [0.25, 0.3) is 5.91 Å². The summed E-state index contributed by atoms with van der Waals surface area (Å²) in [4.78, 5) is 32.3. The highest BCUT2D eigenvalue weighted by atomic mass is 16.5. The van der Waals surface area contributed by atoms with Crippen molar-refractivity contribution in [2.75, 3.05) is 44.2 Å². The van der Waals surface area contributed by atoms with Crippen molar-refractivity contribution < 1.29 is 14.3 Å². The second kappa shape index (κ2) is 12.9. The fraction of sp³-hybridized carbons (Fsp3) is 0.724. The molecule has 3 heterocycles. The third-order valence-corrected chi connectivity index (χ3v) is 8.30. The molecule has 194 valence electrons. The summed E-state index contributed by atoms with van der Waals surface area (Å²) in [6, 6.07) is 7.12. The third-order valence-electron chi connectivity index (χ3n) is 8.30. The summed E-state index contributed by atoms with van der Waals surface area (Å²) in [7, 11) is 0. The van der Waals surface area contributed by atoms with Gasteiger partial charge >= 0.3 is 0 Å². The maximum atomic E-state index is 13.2. The van der Waals surface area contributed by atoms with E-state index in [9.17, 15) is 9.59 Å². The normalized spacial score (nSPS) is 23.4. The molecule has 3 aliphatic heterocycles. The number of benzene rings is 1. The van der Waals surface area contributed by atoms with Gasteiger partial charge in [0, 0.05) is 0 Å². The average molecular weight is 484 g/mol. The van der Waals surface area contributed by atoms with Crippen molar-refractivity contribution in [2.24, 2.45) is 11.8 Å². The van der Waals surface area contributed by atoms with E-state index in [1.54, 1.807) is 0 Å². The van der Waals surface area contributed by atoms with E-state index in [2.05, 4.69) is 23.6 Å². The summed E-state index contributed by atoms with van der Waals surface area (Å²) < 4.78 is 5.81. The quantitative estimate of drug-likeness (QED) is 0.323. The Morgan fingerprint density at radius 2 is 1.63 bits per heavy atom. The first kappa shape index (κ1) is 26.2. The summed E-state index contributed by atoms with van der Waals surface area (Å²) in [6.07, 6.45) is 11.2. The molecule has 0 bridgehead atoms. The minimum absolute atomic E-state index is 0.0656. The van der Waals surface area contributed by atoms with Crippen LogP contribution in [0.1, 0.15) is 78.1 Å². The Hall–Kier alpha value is -1.92. The Kier molecular flexibility index (Phi) is 9.61. The van der Waals surface area contributed by atoms with Gasteiger partial charge in [0.05, 0.1) is 24.8 Å². The lowest BCUT2D eigenvalue weighted by Gasteiger charge is -2.36. The predicted molar refractivity (Wildman–Crippen MR) is 141 cm³/mol. The molecule has 6 heteroatoms. The van der Waals surface area contributed by atoms with Gasteiger partial charge in [0.1, 0.15) is 5.75 Å². The highest BCUT2D eigenvalue weighted by Crippen LogP contribution is 2.30. The van der Waals surface area contributed by atoms with Gasteiger partial charge in [0.2, 0.25) is 5.91 Å². The molecule has 0 N–H and O–H groups in total. The van der Waals surface area contributed by atoms with Crippen LogP contribution in [0.15, 0.2) is 24.3 Å². The number of anilines is 1. The summed E-state index contributed by atoms with van der Waals surface area (Å²) in [5.74, 6) is 2.26. The average Bonchev–Trinajstić information content (AvgIpc) is 3.18. The van der Waals surface area contributed by atoms with Crippen LogP contribution in [0.2, 0.25) is 0 Å². The number of imide groups is 1. The van der Waals surface area contributed by atoms with Gasteiger partial charge in [0.15, 0.2) is 0 Å². The van der Waals surface area contributed by atoms with Crippen LogP contribution in [-0.4, -0.2) is 67.0 Å². The van der Waals surface area contributed by atoms with Crippen molar-refractivity contribution in [3.63, 3.8) is 0 Å². The smallest absolute Gasteiger partial charge is 0.251 e. The lowest BCUT2D eigenvalue weighted by molar-refractivity contribution is -0.123. The molecule has 4 rings (SSSR count). The molecule has 1 atom stereocenters. The van der Waals surface area contributed by atoms with Crippen LogP contribution < -0.4 is 9.64 Å². The van der Waals surface area contributed by atoms with E-state index in [1.807, 2.05) is 24.3 Å². The zero-order valence-electron chi connectivity index (χ0n) is 21.9. The van der Waals surface area contributed by atoms with E-state index in [0.29, 0.717) is 18.7 Å². The molecule has 35 heavy (non-hydrogen) atoms. The van der Waals surface area contributed by atoms with Crippen LogP contribution in [-0.2, 0) is 9.59 Å². The van der Waals surface area contributed by atoms with Gasteiger partial charge in [-0.25, -0.2) is 4.90 Å². The Morgan fingerprint density at radius 1 is 0.914 bits per heavy atom. The van der Waals surface area contributed by atoms with Gasteiger partial charge in [-0.3, -0.25) is 14.5 Å². The number of piperidine rings is 2. The van der Waals surface area contributed by atoms with Gasteiger partial charge < -0.3 is 9.64 Å². The first-order valence-electron chi connectivity index (χ1n) is 14.1. The molecule has 1 aromatic rings. The Labute approximate surface area is 212 Å². The highest BCUT2D eigenvalue weighted by Gasteiger charge is 2.43. The number of hydrogen-bond acceptors (Lipinski definition) is 5. The van der Waals surface area contributed by atoms with Crippen LogP contribution >= 0.6 is 0 Å². The number of hydrogen-bond donors (Lipinski definition) is 0. The van der Waals surface area contributed by atoms with E-state index in [1.165, 1.54) is 63.1 Å². The van der Waals surface area contributed by atoms with E-state index in [-0.39, 0.29) is 17.9 Å². The van der Waals surface area contributed by atoms with Crippen molar-refractivity contribution in [3.05, 3.63) is 24.3 Å². The zero-order valence-corrected chi connectivity index (χ0v) is 21.9. The number of amides is 2. The maximum absolute atomic E-state index is 13.2. The second-order valence-electron chi connectivity index (χ2n) is 11.0. The lowest BCUT2D eigenvalue weighted by atomic mass is 9.91. The number of carbonyl (C=O) groups excluding carboxylic acids is 2. The number of nitrogens with zero attached hydrogens (tertiary/aromatic N) is 3. The van der Waals surface area contributed by atoms with Crippen LogP contribution in [0.25, 0.3) is 0 Å². The molecule has 0 radical (unpaired) electrons. The van der Waals surface area contributed by atoms with Crippen LogP contribution in [0.5, 0.6) is 5.75 Å². The molecule has 1 aromatic carbocycles. The van der Waals surface area contributed by atoms with Crippen molar-refractivity contribution >= 4 is 17.5 Å². The third kappa shape index (κ3) is 7.07. The van der Waals surface area contributed by atoms with Crippen molar-refractivity contribution in [1.82, 2.24) is 9.80 Å². The summed E-state index contributed by atoms with van der Waals surface area (Å²) in [5.41, 5.74) is 0.659. The van der Waals surface area contributed by atoms with Crippen LogP contribution in [0.3, 0.4) is 0 Å². The first-order chi connectivity index (χ1) is 17.0. The number of rotatable bonds is 11. The minimum atomic E-state index is -0.304.